The van der Waals surface area contributed by atoms with Gasteiger partial charge in [-0.3, -0.25) is 4.79 Å². The number of aliphatic carboxylic acids is 1. The van der Waals surface area contributed by atoms with Crippen LogP contribution in [0, 0.1) is 5.82 Å². The third kappa shape index (κ3) is 6.79. The molecule has 0 bridgehead atoms. The molecule has 2 aromatic carbocycles. The molecule has 1 fully saturated rings. The zero-order chi connectivity index (χ0) is 26.5. The maximum Gasteiger partial charge on any atom is 0.414 e. The second-order valence-electron chi connectivity index (χ2n) is 8.62. The molecule has 1 aliphatic rings. The van der Waals surface area contributed by atoms with Crippen LogP contribution in [-0.2, 0) is 25.8 Å². The average Bonchev–Trinajstić information content (AvgIpc) is 3.37. The number of rotatable bonds is 9. The van der Waals surface area contributed by atoms with E-state index < -0.39 is 51.6 Å². The Bertz CT molecular complexity index is 1200. The quantitative estimate of drug-likeness (QED) is 0.478. The minimum atomic E-state index is -4.16. The van der Waals surface area contributed by atoms with E-state index in [4.69, 9.17) is 4.74 Å². The van der Waals surface area contributed by atoms with Crippen molar-refractivity contribution in [2.24, 2.45) is 0 Å². The molecule has 12 heteroatoms. The molecular formula is C24H28FN3O7S. The van der Waals surface area contributed by atoms with E-state index in [-0.39, 0.29) is 17.1 Å². The molecule has 0 saturated carbocycles. The average molecular weight is 522 g/mol. The van der Waals surface area contributed by atoms with Gasteiger partial charge in [0.15, 0.2) is 9.84 Å². The predicted octanol–water partition coefficient (Wildman–Crippen LogP) is 1.89. The molecule has 1 heterocycles. The van der Waals surface area contributed by atoms with Crippen molar-refractivity contribution < 1.29 is 37.0 Å². The summed E-state index contributed by atoms with van der Waals surface area (Å²) < 4.78 is 44.6. The molecule has 0 unspecified atom stereocenters. The molecule has 36 heavy (non-hydrogen) atoms. The Morgan fingerprint density at radius 2 is 1.75 bits per heavy atom. The number of nitrogens with one attached hydrogen (secondary N) is 1. The van der Waals surface area contributed by atoms with Gasteiger partial charge in [0.2, 0.25) is 5.91 Å². The van der Waals surface area contributed by atoms with Gasteiger partial charge in [-0.15, -0.1) is 0 Å². The number of hydrogen-bond donors (Lipinski definition) is 2. The fourth-order valence-corrected chi connectivity index (χ4v) is 5.12. The monoisotopic (exact) mass is 521 g/mol. The standard InChI is InChI=1S/C24H28FN3O7S/c1-27(2)24(32)35-18-9-5-16(6-10-18)14-21(23(30)31)28(22(29)20-4-3-13-26-20)15-36(33,34)19-11-7-17(25)8-12-19/h5-12,20-21,26H,3-4,13-15H2,1-2H3,(H,30,31)/t20-,21-/m0/s1. The van der Waals surface area contributed by atoms with E-state index in [1.165, 1.54) is 31.1 Å². The largest absolute Gasteiger partial charge is 0.480 e. The molecule has 10 nitrogen and oxygen atoms in total. The Hall–Kier alpha value is -3.51. The number of ether oxygens (including phenoxy) is 1. The molecule has 2 N–H and O–H groups in total. The van der Waals surface area contributed by atoms with Gasteiger partial charge in [-0.05, 0) is 61.3 Å². The number of carboxylic acids is 1. The lowest BCUT2D eigenvalue weighted by Gasteiger charge is -2.31. The van der Waals surface area contributed by atoms with Crippen molar-refractivity contribution in [3.63, 3.8) is 0 Å². The highest BCUT2D eigenvalue weighted by molar-refractivity contribution is 7.91. The summed E-state index contributed by atoms with van der Waals surface area (Å²) in [5.41, 5.74) is 0.489. The van der Waals surface area contributed by atoms with Crippen molar-refractivity contribution in [3.05, 3.63) is 59.9 Å². The van der Waals surface area contributed by atoms with Gasteiger partial charge < -0.3 is 25.0 Å². The summed E-state index contributed by atoms with van der Waals surface area (Å²) in [7, 11) is -1.11. The molecule has 0 radical (unpaired) electrons. The number of benzene rings is 2. The van der Waals surface area contributed by atoms with Crippen molar-refractivity contribution in [1.82, 2.24) is 15.1 Å². The lowest BCUT2D eigenvalue weighted by Crippen LogP contribution is -2.53. The molecule has 2 atom stereocenters. The maximum absolute atomic E-state index is 13.3. The summed E-state index contributed by atoms with van der Waals surface area (Å²) in [6, 6.07) is 7.96. The predicted molar refractivity (Wildman–Crippen MR) is 128 cm³/mol. The molecule has 2 amide bonds. The molecule has 0 spiro atoms. The van der Waals surface area contributed by atoms with Gasteiger partial charge >= 0.3 is 12.1 Å². The van der Waals surface area contributed by atoms with E-state index >= 15 is 0 Å². The number of halogens is 1. The van der Waals surface area contributed by atoms with Crippen molar-refractivity contribution in [1.29, 1.82) is 0 Å². The van der Waals surface area contributed by atoms with Crippen molar-refractivity contribution in [2.75, 3.05) is 26.5 Å². The zero-order valence-corrected chi connectivity index (χ0v) is 20.7. The molecule has 1 saturated heterocycles. The summed E-state index contributed by atoms with van der Waals surface area (Å²) in [6.07, 6.45) is 0.372. The first kappa shape index (κ1) is 27.1. The Morgan fingerprint density at radius 3 is 2.28 bits per heavy atom. The van der Waals surface area contributed by atoms with Crippen molar-refractivity contribution in [2.45, 2.75) is 36.2 Å². The van der Waals surface area contributed by atoms with Crippen LogP contribution in [0.3, 0.4) is 0 Å². The van der Waals surface area contributed by atoms with Crippen LogP contribution in [-0.4, -0.2) is 79.9 Å². The van der Waals surface area contributed by atoms with E-state index in [0.717, 1.165) is 29.2 Å². The number of amides is 2. The Kier molecular flexibility index (Phi) is 8.64. The van der Waals surface area contributed by atoms with Gasteiger partial charge in [-0.25, -0.2) is 22.4 Å². The van der Waals surface area contributed by atoms with Crippen LogP contribution in [0.1, 0.15) is 18.4 Å². The Morgan fingerprint density at radius 1 is 1.11 bits per heavy atom. The van der Waals surface area contributed by atoms with E-state index in [2.05, 4.69) is 5.32 Å². The van der Waals surface area contributed by atoms with Gasteiger partial charge in [0.1, 0.15) is 23.5 Å². The molecule has 1 aliphatic heterocycles. The fraction of sp³-hybridized carbons (Fsp3) is 0.375. The van der Waals surface area contributed by atoms with Crippen LogP contribution >= 0.6 is 0 Å². The van der Waals surface area contributed by atoms with Gasteiger partial charge in [-0.2, -0.15) is 0 Å². The van der Waals surface area contributed by atoms with Gasteiger partial charge in [-0.1, -0.05) is 12.1 Å². The summed E-state index contributed by atoms with van der Waals surface area (Å²) in [4.78, 5) is 39.2. The first-order valence-corrected chi connectivity index (χ1v) is 12.9. The highest BCUT2D eigenvalue weighted by Crippen LogP contribution is 2.21. The SMILES string of the molecule is CN(C)C(=O)Oc1ccc(C[C@@H](C(=O)O)N(CS(=O)(=O)c2ccc(F)cc2)C(=O)[C@@H]2CCCN2)cc1. The van der Waals surface area contributed by atoms with Crippen molar-refractivity contribution in [3.8, 4) is 5.75 Å². The van der Waals surface area contributed by atoms with E-state index in [9.17, 15) is 32.3 Å². The van der Waals surface area contributed by atoms with E-state index in [1.807, 2.05) is 0 Å². The number of sulfone groups is 1. The number of carboxylic acid groups (broad SMARTS) is 1. The third-order valence-electron chi connectivity index (χ3n) is 5.71. The Balaban J connectivity index is 1.88. The normalized spacial score (nSPS) is 16.2. The highest BCUT2D eigenvalue weighted by atomic mass is 32.2. The number of hydrogen-bond acceptors (Lipinski definition) is 7. The van der Waals surface area contributed by atoms with Crippen LogP contribution < -0.4 is 10.1 Å². The highest BCUT2D eigenvalue weighted by Gasteiger charge is 2.38. The second-order valence-corrected chi connectivity index (χ2v) is 10.6. The van der Waals surface area contributed by atoms with Crippen LogP contribution in [0.15, 0.2) is 53.4 Å². The zero-order valence-electron chi connectivity index (χ0n) is 19.9. The molecule has 2 aromatic rings. The van der Waals surface area contributed by atoms with Crippen LogP contribution in [0.5, 0.6) is 5.75 Å². The molecule has 0 aliphatic carbocycles. The molecule has 3 rings (SSSR count). The number of carbonyl (C=O) groups excluding carboxylic acids is 2. The second kappa shape index (κ2) is 11.5. The summed E-state index contributed by atoms with van der Waals surface area (Å²) in [5, 5.41) is 13.0. The lowest BCUT2D eigenvalue weighted by molar-refractivity contribution is -0.150. The molecule has 194 valence electrons. The summed E-state index contributed by atoms with van der Waals surface area (Å²) in [6.45, 7) is 0.555. The fourth-order valence-electron chi connectivity index (χ4n) is 3.74. The first-order valence-electron chi connectivity index (χ1n) is 11.2. The maximum atomic E-state index is 13.3. The van der Waals surface area contributed by atoms with Crippen molar-refractivity contribution >= 4 is 27.8 Å². The van der Waals surface area contributed by atoms with E-state index in [0.29, 0.717) is 24.9 Å². The van der Waals surface area contributed by atoms with E-state index in [1.54, 1.807) is 12.1 Å². The smallest absolute Gasteiger partial charge is 0.414 e. The molecule has 0 aromatic heterocycles. The van der Waals surface area contributed by atoms with Gasteiger partial charge in [0.25, 0.3) is 0 Å². The van der Waals surface area contributed by atoms with Gasteiger partial charge in [0.05, 0.1) is 10.9 Å². The summed E-state index contributed by atoms with van der Waals surface area (Å²) in [5.74, 6) is -3.28. The number of nitrogens with zero attached hydrogens (tertiary/aromatic N) is 2. The summed E-state index contributed by atoms with van der Waals surface area (Å²) >= 11 is 0. The van der Waals surface area contributed by atoms with Crippen LogP contribution in [0.2, 0.25) is 0 Å². The topological polar surface area (TPSA) is 133 Å². The van der Waals surface area contributed by atoms with Gasteiger partial charge in [0, 0.05) is 20.5 Å². The van der Waals surface area contributed by atoms with Crippen LogP contribution in [0.4, 0.5) is 9.18 Å². The third-order valence-corrected chi connectivity index (χ3v) is 7.32. The van der Waals surface area contributed by atoms with Crippen LogP contribution in [0.25, 0.3) is 0 Å². The minimum absolute atomic E-state index is 0.186. The number of carbonyl (C=O) groups is 3. The minimum Gasteiger partial charge on any atom is -0.480 e. The molecular weight excluding hydrogens is 493 g/mol. The first-order chi connectivity index (χ1) is 17.0. The lowest BCUT2D eigenvalue weighted by atomic mass is 10.0. The Labute approximate surface area is 208 Å².